The minimum Gasteiger partial charge on any atom is -0.480 e. The molecule has 2 aliphatic heterocycles. The first-order valence-electron chi connectivity index (χ1n) is 6.39. The average molecular weight is 272 g/mol. The van der Waals surface area contributed by atoms with Crippen molar-refractivity contribution in [3.63, 3.8) is 0 Å². The van der Waals surface area contributed by atoms with Crippen LogP contribution >= 0.6 is 0 Å². The van der Waals surface area contributed by atoms with Crippen molar-refractivity contribution in [3.05, 3.63) is 0 Å². The standard InChI is InChI=1S/C11H20N4O4/c1-13-2-4-14(5-3-13)12-11(19)15-7-8(16)6-9(15)10(17)18/h8-9,16H,2-7H2,1H3,(H,12,19)(H,17,18)/t8-,9-/m1/s1. The number of aliphatic hydroxyl groups excluding tert-OH is 1. The van der Waals surface area contributed by atoms with E-state index in [0.717, 1.165) is 13.1 Å². The second kappa shape index (κ2) is 5.72. The van der Waals surface area contributed by atoms with Gasteiger partial charge in [0, 0.05) is 39.1 Å². The van der Waals surface area contributed by atoms with Crippen LogP contribution in [0.15, 0.2) is 0 Å². The highest BCUT2D eigenvalue weighted by atomic mass is 16.4. The van der Waals surface area contributed by atoms with Crippen molar-refractivity contribution in [2.45, 2.75) is 18.6 Å². The van der Waals surface area contributed by atoms with Crippen LogP contribution in [-0.2, 0) is 4.79 Å². The minimum atomic E-state index is -1.08. The number of piperazine rings is 1. The van der Waals surface area contributed by atoms with Gasteiger partial charge >= 0.3 is 12.0 Å². The number of hydrazine groups is 1. The molecule has 0 spiro atoms. The number of carbonyl (C=O) groups excluding carboxylic acids is 1. The van der Waals surface area contributed by atoms with E-state index in [1.54, 1.807) is 5.01 Å². The number of hydrogen-bond donors (Lipinski definition) is 3. The van der Waals surface area contributed by atoms with Gasteiger partial charge in [-0.1, -0.05) is 0 Å². The average Bonchev–Trinajstić information content (AvgIpc) is 2.74. The van der Waals surface area contributed by atoms with Gasteiger partial charge in [0.2, 0.25) is 0 Å². The summed E-state index contributed by atoms with van der Waals surface area (Å²) in [6.45, 7) is 3.18. The Hall–Kier alpha value is -1.38. The molecule has 3 N–H and O–H groups in total. The first-order valence-corrected chi connectivity index (χ1v) is 6.39. The Morgan fingerprint density at radius 3 is 2.42 bits per heavy atom. The number of hydrogen-bond acceptors (Lipinski definition) is 5. The molecule has 0 radical (unpaired) electrons. The molecule has 0 unspecified atom stereocenters. The van der Waals surface area contributed by atoms with Gasteiger partial charge in [-0.25, -0.2) is 14.6 Å². The van der Waals surface area contributed by atoms with Crippen LogP contribution in [0.2, 0.25) is 0 Å². The number of carbonyl (C=O) groups is 2. The number of amides is 2. The first-order chi connectivity index (χ1) is 8.97. The molecule has 2 atom stereocenters. The molecule has 2 saturated heterocycles. The number of β-amino-alcohol motifs (C(OH)–C–C–N with tert-alkyl or cyclic N) is 1. The third kappa shape index (κ3) is 3.34. The Labute approximate surface area is 111 Å². The Bertz CT molecular complexity index is 357. The number of likely N-dealkylation sites (tertiary alicyclic amines) is 1. The lowest BCUT2D eigenvalue weighted by Gasteiger charge is -2.34. The molecule has 0 aromatic carbocycles. The summed E-state index contributed by atoms with van der Waals surface area (Å²) in [6.07, 6.45) is -0.676. The van der Waals surface area contributed by atoms with Crippen molar-refractivity contribution < 1.29 is 19.8 Å². The summed E-state index contributed by atoms with van der Waals surface area (Å²) >= 11 is 0. The van der Waals surface area contributed by atoms with Gasteiger partial charge in [-0.05, 0) is 7.05 Å². The molecule has 8 nitrogen and oxygen atoms in total. The summed E-state index contributed by atoms with van der Waals surface area (Å²) in [5.74, 6) is -1.08. The van der Waals surface area contributed by atoms with Crippen molar-refractivity contribution in [3.8, 4) is 0 Å². The zero-order chi connectivity index (χ0) is 14.0. The van der Waals surface area contributed by atoms with E-state index in [-0.39, 0.29) is 13.0 Å². The quantitative estimate of drug-likeness (QED) is 0.559. The van der Waals surface area contributed by atoms with Gasteiger partial charge in [-0.2, -0.15) is 0 Å². The smallest absolute Gasteiger partial charge is 0.332 e. The predicted octanol–water partition coefficient (Wildman–Crippen LogP) is -1.62. The molecule has 0 aromatic rings. The van der Waals surface area contributed by atoms with E-state index < -0.39 is 24.1 Å². The van der Waals surface area contributed by atoms with Crippen molar-refractivity contribution >= 4 is 12.0 Å². The fourth-order valence-electron chi connectivity index (χ4n) is 2.39. The molecule has 2 heterocycles. The van der Waals surface area contributed by atoms with Gasteiger partial charge in [-0.15, -0.1) is 0 Å². The van der Waals surface area contributed by atoms with Gasteiger partial charge < -0.3 is 20.0 Å². The Morgan fingerprint density at radius 1 is 1.21 bits per heavy atom. The number of nitrogens with zero attached hydrogens (tertiary/aromatic N) is 3. The normalized spacial score (nSPS) is 29.5. The summed E-state index contributed by atoms with van der Waals surface area (Å²) in [4.78, 5) is 26.4. The maximum atomic E-state index is 12.0. The van der Waals surface area contributed by atoms with Crippen molar-refractivity contribution in [2.24, 2.45) is 0 Å². The third-order valence-corrected chi connectivity index (χ3v) is 3.58. The number of urea groups is 1. The monoisotopic (exact) mass is 272 g/mol. The number of aliphatic hydroxyl groups is 1. The Balaban J connectivity index is 1.90. The lowest BCUT2D eigenvalue weighted by atomic mass is 10.2. The summed E-state index contributed by atoms with van der Waals surface area (Å²) in [5, 5.41) is 20.3. The molecule has 0 bridgehead atoms. The molecule has 8 heteroatoms. The van der Waals surface area contributed by atoms with Crippen LogP contribution in [0.25, 0.3) is 0 Å². The molecule has 19 heavy (non-hydrogen) atoms. The largest absolute Gasteiger partial charge is 0.480 e. The lowest BCUT2D eigenvalue weighted by Crippen LogP contribution is -2.57. The molecular weight excluding hydrogens is 252 g/mol. The zero-order valence-electron chi connectivity index (χ0n) is 10.9. The molecule has 0 aromatic heterocycles. The molecule has 2 aliphatic rings. The third-order valence-electron chi connectivity index (χ3n) is 3.58. The minimum absolute atomic E-state index is 0.0660. The first kappa shape index (κ1) is 14.0. The molecule has 0 saturated carbocycles. The highest BCUT2D eigenvalue weighted by Gasteiger charge is 2.39. The topological polar surface area (TPSA) is 96.4 Å². The lowest BCUT2D eigenvalue weighted by molar-refractivity contribution is -0.141. The van der Waals surface area contributed by atoms with Gasteiger partial charge in [0.05, 0.1) is 6.10 Å². The number of carboxylic acid groups (broad SMARTS) is 1. The van der Waals surface area contributed by atoms with Gasteiger partial charge in [0.15, 0.2) is 0 Å². The van der Waals surface area contributed by atoms with E-state index in [0.29, 0.717) is 13.1 Å². The molecule has 2 rings (SSSR count). The van der Waals surface area contributed by atoms with E-state index in [4.69, 9.17) is 5.11 Å². The summed E-state index contributed by atoms with van der Waals surface area (Å²) in [5.41, 5.74) is 2.71. The van der Waals surface area contributed by atoms with Gasteiger partial charge in [0.25, 0.3) is 0 Å². The fraction of sp³-hybridized carbons (Fsp3) is 0.818. The van der Waals surface area contributed by atoms with E-state index in [1.165, 1.54) is 4.90 Å². The summed E-state index contributed by atoms with van der Waals surface area (Å²) in [6, 6.07) is -1.39. The van der Waals surface area contributed by atoms with E-state index >= 15 is 0 Å². The SMILES string of the molecule is CN1CCN(NC(=O)N2C[C@H](O)C[C@@H]2C(=O)O)CC1. The number of aliphatic carboxylic acids is 1. The molecule has 2 amide bonds. The van der Waals surface area contributed by atoms with Crippen LogP contribution < -0.4 is 5.43 Å². The second-order valence-corrected chi connectivity index (χ2v) is 5.10. The number of nitrogens with one attached hydrogen (secondary N) is 1. The highest BCUT2D eigenvalue weighted by molar-refractivity contribution is 5.83. The van der Waals surface area contributed by atoms with Gasteiger partial charge in [-0.3, -0.25) is 5.43 Å². The van der Waals surface area contributed by atoms with E-state index in [9.17, 15) is 14.7 Å². The van der Waals surface area contributed by atoms with E-state index in [1.807, 2.05) is 7.05 Å². The van der Waals surface area contributed by atoms with Crippen molar-refractivity contribution in [1.82, 2.24) is 20.2 Å². The zero-order valence-corrected chi connectivity index (χ0v) is 10.9. The number of carboxylic acids is 1. The fourth-order valence-corrected chi connectivity index (χ4v) is 2.39. The van der Waals surface area contributed by atoms with Crippen molar-refractivity contribution in [2.75, 3.05) is 39.8 Å². The molecule has 0 aliphatic carbocycles. The van der Waals surface area contributed by atoms with Crippen LogP contribution in [0.4, 0.5) is 4.79 Å². The highest BCUT2D eigenvalue weighted by Crippen LogP contribution is 2.18. The number of likely N-dealkylation sites (N-methyl/N-ethyl adjacent to an activating group) is 1. The van der Waals surface area contributed by atoms with Crippen LogP contribution in [0, 0.1) is 0 Å². The van der Waals surface area contributed by atoms with E-state index in [2.05, 4.69) is 10.3 Å². The van der Waals surface area contributed by atoms with Crippen LogP contribution in [-0.4, -0.2) is 88.9 Å². The number of rotatable bonds is 2. The maximum absolute atomic E-state index is 12.0. The molecule has 2 fully saturated rings. The van der Waals surface area contributed by atoms with Crippen LogP contribution in [0.1, 0.15) is 6.42 Å². The van der Waals surface area contributed by atoms with Gasteiger partial charge in [0.1, 0.15) is 6.04 Å². The summed E-state index contributed by atoms with van der Waals surface area (Å²) < 4.78 is 0. The van der Waals surface area contributed by atoms with Crippen LogP contribution in [0.5, 0.6) is 0 Å². The molecular formula is C11H20N4O4. The Kier molecular flexibility index (Phi) is 4.23. The summed E-state index contributed by atoms with van der Waals surface area (Å²) in [7, 11) is 2.01. The predicted molar refractivity (Wildman–Crippen MR) is 66.4 cm³/mol. The van der Waals surface area contributed by atoms with Crippen LogP contribution in [0.3, 0.4) is 0 Å². The van der Waals surface area contributed by atoms with Crippen molar-refractivity contribution in [1.29, 1.82) is 0 Å². The second-order valence-electron chi connectivity index (χ2n) is 5.10. The molecule has 108 valence electrons. The maximum Gasteiger partial charge on any atom is 0.332 e. The Morgan fingerprint density at radius 2 is 1.84 bits per heavy atom.